The average molecular weight is 504 g/mol. The molecule has 4 N–H and O–H groups in total. The van der Waals surface area contributed by atoms with Gasteiger partial charge in [0.25, 0.3) is 0 Å². The van der Waals surface area contributed by atoms with Gasteiger partial charge in [0.1, 0.15) is 0 Å². The van der Waals surface area contributed by atoms with E-state index in [9.17, 15) is 4.79 Å². The predicted octanol–water partition coefficient (Wildman–Crippen LogP) is 3.84. The summed E-state index contributed by atoms with van der Waals surface area (Å²) < 4.78 is 8.88. The molecule has 1 radical (unpaired) electrons. The van der Waals surface area contributed by atoms with Gasteiger partial charge in [0.05, 0.1) is 0 Å². The molecule has 165 valence electrons. The van der Waals surface area contributed by atoms with Crippen molar-refractivity contribution in [2.24, 2.45) is 0 Å². The molecule has 0 rings (SSSR count). The van der Waals surface area contributed by atoms with E-state index in [-0.39, 0.29) is 91.5 Å². The molecule has 10 heteroatoms. The number of phosphoric acid groups is 1. The molecule has 0 aliphatic heterocycles. The number of carboxylic acids is 1. The molecule has 0 unspecified atom stereocenters. The normalized spacial score (nSPS) is 9.86. The zero-order chi connectivity index (χ0) is 19.4. The van der Waals surface area contributed by atoms with E-state index in [1.807, 2.05) is 0 Å². The largest absolute Gasteiger partial charge is 0.316 e. The second-order valence-corrected chi connectivity index (χ2v) is 7.63. The fourth-order valence-electron chi connectivity index (χ4n) is 2.65. The van der Waals surface area contributed by atoms with E-state index in [4.69, 9.17) is 24.4 Å². The van der Waals surface area contributed by atoms with Crippen LogP contribution >= 0.6 is 7.82 Å². The first kappa shape index (κ1) is 40.8. The molecule has 0 atom stereocenters. The Morgan fingerprint density at radius 3 is 1.11 bits per heavy atom. The smallest absolute Gasteiger partial charge is 0 e. The fourth-order valence-corrected chi connectivity index (χ4v) is 2.65. The second-order valence-electron chi connectivity index (χ2n) is 6.61. The van der Waals surface area contributed by atoms with Crippen LogP contribution < -0.4 is 0 Å². The Balaban J connectivity index is -0.000000195. The molecule has 0 fully saturated rings. The van der Waals surface area contributed by atoms with Crippen molar-refractivity contribution < 1.29 is 46.2 Å². The maximum atomic E-state index is 10.3. The fraction of sp³-hybridized carbons (Fsp3) is 0.944. The van der Waals surface area contributed by atoms with Gasteiger partial charge in [-0.3, -0.25) is 4.79 Å². The third-order valence-electron chi connectivity index (χ3n) is 3.99. The summed E-state index contributed by atoms with van der Waals surface area (Å²) in [5.74, 6) is -0.653. The molecule has 0 spiro atoms. The minimum Gasteiger partial charge on any atom is 0 e. The number of hydrogen-bond acceptors (Lipinski definition) is 2. The number of hydrogen-bond donors (Lipinski definition) is 4. The van der Waals surface area contributed by atoms with Gasteiger partial charge in [-0.05, 0) is 6.42 Å². The van der Waals surface area contributed by atoms with Gasteiger partial charge in [-0.15, -0.1) is 0 Å². The van der Waals surface area contributed by atoms with Gasteiger partial charge in [0.2, 0.25) is 0 Å². The van der Waals surface area contributed by atoms with E-state index in [0.29, 0.717) is 6.42 Å². The molecular formula is C18H42KMgMnO6P. The molecule has 0 aromatic heterocycles. The summed E-state index contributed by atoms with van der Waals surface area (Å²) in [6, 6.07) is 0. The molecule has 28 heavy (non-hydrogen) atoms. The van der Waals surface area contributed by atoms with Crippen LogP contribution in [0.2, 0.25) is 0 Å². The van der Waals surface area contributed by atoms with Gasteiger partial charge in [-0.1, -0.05) is 96.8 Å². The van der Waals surface area contributed by atoms with Crippen molar-refractivity contribution in [1.82, 2.24) is 0 Å². The number of unbranched alkanes of at least 4 members (excludes halogenated alkanes) is 14. The summed E-state index contributed by atoms with van der Waals surface area (Å²) >= 11 is 0. The summed E-state index contributed by atoms with van der Waals surface area (Å²) in [4.78, 5) is 31.9. The van der Waals surface area contributed by atoms with E-state index < -0.39 is 13.8 Å². The van der Waals surface area contributed by atoms with E-state index in [1.165, 1.54) is 83.5 Å². The molecule has 0 aliphatic carbocycles. The average Bonchev–Trinajstić information content (AvgIpc) is 2.49. The maximum absolute atomic E-state index is 10.3. The quantitative estimate of drug-likeness (QED) is 0.145. The predicted molar refractivity (Wildman–Crippen MR) is 117 cm³/mol. The molecule has 0 aromatic carbocycles. The van der Waals surface area contributed by atoms with Gasteiger partial charge in [-0.25, -0.2) is 4.57 Å². The van der Waals surface area contributed by atoms with Crippen molar-refractivity contribution in [3.8, 4) is 0 Å². The standard InChI is InChI=1S/C18H36O2.K.Mg.Mn.H3O4P.3H/c1-2-3-4-5-6-7-8-9-10-11-12-13-14-15-16-17-18(19)20;;;;1-5(2,3)4;;;/h2-17H2,1H3,(H,19,20);;;;(H3,1,2,3,4);;;. The minimum absolute atomic E-state index is 0. The molecular weight excluding hydrogens is 462 g/mol. The monoisotopic (exact) mass is 503 g/mol. The summed E-state index contributed by atoms with van der Waals surface area (Å²) in [6.45, 7) is 2.27. The van der Waals surface area contributed by atoms with Crippen LogP contribution in [0.25, 0.3) is 0 Å². The van der Waals surface area contributed by atoms with Crippen molar-refractivity contribution in [2.75, 3.05) is 0 Å². The molecule has 0 aliphatic rings. The first-order valence-electron chi connectivity index (χ1n) is 9.77. The van der Waals surface area contributed by atoms with Crippen LogP contribution in [0.15, 0.2) is 0 Å². The van der Waals surface area contributed by atoms with Crippen LogP contribution in [0.5, 0.6) is 0 Å². The third kappa shape index (κ3) is 56.7. The maximum Gasteiger partial charge on any atom is 0.316 e. The Morgan fingerprint density at radius 1 is 0.679 bits per heavy atom. The summed E-state index contributed by atoms with van der Waals surface area (Å²) in [5, 5.41) is 8.52. The molecule has 0 saturated carbocycles. The van der Waals surface area contributed by atoms with Gasteiger partial charge < -0.3 is 19.8 Å². The number of aliphatic carboxylic acids is 1. The van der Waals surface area contributed by atoms with E-state index >= 15 is 0 Å². The Labute approximate surface area is 241 Å². The summed E-state index contributed by atoms with van der Waals surface area (Å²) in [6.07, 6.45) is 20.2. The van der Waals surface area contributed by atoms with Gasteiger partial charge >= 0.3 is 88.2 Å². The van der Waals surface area contributed by atoms with Gasteiger partial charge in [-0.2, -0.15) is 0 Å². The van der Waals surface area contributed by atoms with Crippen LogP contribution in [0.4, 0.5) is 0 Å². The summed E-state index contributed by atoms with van der Waals surface area (Å²) in [7, 11) is -4.64. The Morgan fingerprint density at radius 2 is 0.893 bits per heavy atom. The summed E-state index contributed by atoms with van der Waals surface area (Å²) in [5.41, 5.74) is 0. The Kier molecular flexibility index (Phi) is 46.2. The number of rotatable bonds is 16. The zero-order valence-electron chi connectivity index (χ0n) is 16.2. The van der Waals surface area contributed by atoms with E-state index in [0.717, 1.165) is 12.8 Å². The molecule has 0 amide bonds. The second kappa shape index (κ2) is 31.7. The Bertz CT molecular complexity index is 340. The van der Waals surface area contributed by atoms with Crippen LogP contribution in [0, 0.1) is 0 Å². The molecule has 6 nitrogen and oxygen atoms in total. The first-order valence-corrected chi connectivity index (χ1v) is 11.3. The van der Waals surface area contributed by atoms with Crippen LogP contribution in [-0.4, -0.2) is 100 Å². The van der Waals surface area contributed by atoms with Gasteiger partial charge in [0.15, 0.2) is 0 Å². The first-order chi connectivity index (χ1) is 11.8. The van der Waals surface area contributed by atoms with Crippen LogP contribution in [0.1, 0.15) is 110 Å². The Hall–Kier alpha value is 2.50. The number of carboxylic acid groups (broad SMARTS) is 1. The van der Waals surface area contributed by atoms with Crippen molar-refractivity contribution in [3.63, 3.8) is 0 Å². The molecule has 0 bridgehead atoms. The molecule has 0 heterocycles. The van der Waals surface area contributed by atoms with E-state index in [1.54, 1.807) is 0 Å². The zero-order valence-corrected chi connectivity index (χ0v) is 18.3. The SMILES string of the molecule is CCCCCCCCCCCCCCCCCC(=O)O.O=P(O)(O)O.[KH].[MgH2].[Mn]. The molecule has 0 aromatic rings. The molecule has 0 saturated heterocycles. The van der Waals surface area contributed by atoms with Crippen molar-refractivity contribution >= 4 is 88.2 Å². The van der Waals surface area contributed by atoms with Crippen LogP contribution in [0.3, 0.4) is 0 Å². The van der Waals surface area contributed by atoms with Crippen LogP contribution in [-0.2, 0) is 26.4 Å². The number of carbonyl (C=O) groups is 1. The van der Waals surface area contributed by atoms with Gasteiger partial charge in [0, 0.05) is 23.5 Å². The van der Waals surface area contributed by atoms with Crippen molar-refractivity contribution in [1.29, 1.82) is 0 Å². The third-order valence-corrected chi connectivity index (χ3v) is 3.99. The topological polar surface area (TPSA) is 115 Å². The minimum atomic E-state index is -4.64. The van der Waals surface area contributed by atoms with E-state index in [2.05, 4.69) is 6.92 Å². The van der Waals surface area contributed by atoms with Crippen molar-refractivity contribution in [2.45, 2.75) is 110 Å². The van der Waals surface area contributed by atoms with Crippen molar-refractivity contribution in [3.05, 3.63) is 0 Å².